The number of nitrogens with one attached hydrogen (secondary N) is 1. The molecular formula is C21H22ClN3O2. The van der Waals surface area contributed by atoms with Gasteiger partial charge in [0, 0.05) is 11.2 Å². The zero-order valence-corrected chi connectivity index (χ0v) is 16.1. The summed E-state index contributed by atoms with van der Waals surface area (Å²) < 4.78 is 7.29. The van der Waals surface area contributed by atoms with E-state index in [1.165, 1.54) is 0 Å². The SMILES string of the molecule is CCC(NC(=O)c1ccn(COc2ccc(Cl)c(C)c2)n1)c1ccccc1. The molecule has 5 nitrogen and oxygen atoms in total. The number of hydrogen-bond donors (Lipinski definition) is 1. The van der Waals surface area contributed by atoms with E-state index in [2.05, 4.69) is 10.4 Å². The number of aromatic nitrogens is 2. The van der Waals surface area contributed by atoms with Gasteiger partial charge in [-0.3, -0.25) is 4.79 Å². The summed E-state index contributed by atoms with van der Waals surface area (Å²) in [5.41, 5.74) is 2.38. The maximum atomic E-state index is 12.5. The summed E-state index contributed by atoms with van der Waals surface area (Å²) in [6.45, 7) is 4.17. The molecular weight excluding hydrogens is 362 g/mol. The Kier molecular flexibility index (Phi) is 6.14. The summed E-state index contributed by atoms with van der Waals surface area (Å²) >= 11 is 6.02. The van der Waals surface area contributed by atoms with E-state index in [9.17, 15) is 4.79 Å². The highest BCUT2D eigenvalue weighted by atomic mass is 35.5. The maximum absolute atomic E-state index is 12.5. The molecule has 0 aliphatic heterocycles. The van der Waals surface area contributed by atoms with Gasteiger partial charge in [-0.25, -0.2) is 4.68 Å². The molecule has 0 saturated heterocycles. The molecule has 0 spiro atoms. The maximum Gasteiger partial charge on any atom is 0.272 e. The number of nitrogens with zero attached hydrogens (tertiary/aromatic N) is 2. The van der Waals surface area contributed by atoms with Gasteiger partial charge in [0.1, 0.15) is 11.4 Å². The van der Waals surface area contributed by atoms with E-state index >= 15 is 0 Å². The zero-order valence-electron chi connectivity index (χ0n) is 15.4. The van der Waals surface area contributed by atoms with Crippen LogP contribution in [0.4, 0.5) is 0 Å². The van der Waals surface area contributed by atoms with Crippen molar-refractivity contribution in [3.05, 3.63) is 82.6 Å². The standard InChI is InChI=1S/C21H22ClN3O2/c1-3-19(16-7-5-4-6-8-16)23-21(26)20-11-12-25(24-20)14-27-17-9-10-18(22)15(2)13-17/h4-13,19H,3,14H2,1-2H3,(H,23,26). The highest BCUT2D eigenvalue weighted by molar-refractivity contribution is 6.31. The third-order valence-corrected chi connectivity index (χ3v) is 4.71. The van der Waals surface area contributed by atoms with Crippen molar-refractivity contribution in [1.29, 1.82) is 0 Å². The molecule has 1 atom stereocenters. The predicted molar refractivity (Wildman–Crippen MR) is 106 cm³/mol. The van der Waals surface area contributed by atoms with Crippen LogP contribution in [0.2, 0.25) is 5.02 Å². The van der Waals surface area contributed by atoms with Crippen molar-refractivity contribution in [2.45, 2.75) is 33.0 Å². The average Bonchev–Trinajstić information content (AvgIpc) is 3.17. The lowest BCUT2D eigenvalue weighted by molar-refractivity contribution is 0.0928. The van der Waals surface area contributed by atoms with Gasteiger partial charge in [-0.1, -0.05) is 48.9 Å². The molecule has 3 aromatic rings. The fourth-order valence-electron chi connectivity index (χ4n) is 2.74. The quantitative estimate of drug-likeness (QED) is 0.639. The predicted octanol–water partition coefficient (Wildman–Crippen LogP) is 4.76. The van der Waals surface area contributed by atoms with Crippen LogP contribution in [-0.4, -0.2) is 15.7 Å². The molecule has 3 rings (SSSR count). The average molecular weight is 384 g/mol. The molecule has 27 heavy (non-hydrogen) atoms. The summed E-state index contributed by atoms with van der Waals surface area (Å²) in [5.74, 6) is 0.500. The van der Waals surface area contributed by atoms with Gasteiger partial charge in [0.05, 0.1) is 6.04 Å². The number of carbonyl (C=O) groups is 1. The summed E-state index contributed by atoms with van der Waals surface area (Å²) in [5, 5.41) is 8.03. The minimum absolute atomic E-state index is 0.0443. The molecule has 0 saturated carbocycles. The normalized spacial score (nSPS) is 11.8. The van der Waals surface area contributed by atoms with Crippen LogP contribution in [-0.2, 0) is 6.73 Å². The van der Waals surface area contributed by atoms with E-state index in [0.717, 1.165) is 17.5 Å². The zero-order chi connectivity index (χ0) is 19.2. The molecule has 1 N–H and O–H groups in total. The molecule has 0 aliphatic rings. The number of rotatable bonds is 7. The smallest absolute Gasteiger partial charge is 0.272 e. The number of aryl methyl sites for hydroxylation is 1. The Morgan fingerprint density at radius 2 is 2.00 bits per heavy atom. The molecule has 0 radical (unpaired) electrons. The monoisotopic (exact) mass is 383 g/mol. The van der Waals surface area contributed by atoms with Gasteiger partial charge in [0.25, 0.3) is 5.91 Å². The van der Waals surface area contributed by atoms with Crippen LogP contribution >= 0.6 is 11.6 Å². The van der Waals surface area contributed by atoms with Crippen LogP contribution in [0.3, 0.4) is 0 Å². The van der Waals surface area contributed by atoms with Crippen molar-refractivity contribution in [2.75, 3.05) is 0 Å². The lowest BCUT2D eigenvalue weighted by atomic mass is 10.0. The van der Waals surface area contributed by atoms with Crippen LogP contribution in [0.5, 0.6) is 5.75 Å². The first-order valence-electron chi connectivity index (χ1n) is 8.85. The van der Waals surface area contributed by atoms with Crippen molar-refractivity contribution in [3.8, 4) is 5.75 Å². The van der Waals surface area contributed by atoms with Gasteiger partial charge in [-0.2, -0.15) is 5.10 Å². The second-order valence-electron chi connectivity index (χ2n) is 6.27. The summed E-state index contributed by atoms with van der Waals surface area (Å²) in [6, 6.07) is 17.0. The lowest BCUT2D eigenvalue weighted by Crippen LogP contribution is -2.28. The molecule has 0 bridgehead atoms. The van der Waals surface area contributed by atoms with Gasteiger partial charge in [0.15, 0.2) is 6.73 Å². The minimum atomic E-state index is -0.202. The topological polar surface area (TPSA) is 56.2 Å². The van der Waals surface area contributed by atoms with Crippen molar-refractivity contribution in [2.24, 2.45) is 0 Å². The molecule has 1 aromatic heterocycles. The number of ether oxygens (including phenoxy) is 1. The van der Waals surface area contributed by atoms with E-state index in [1.807, 2.05) is 50.2 Å². The number of amides is 1. The van der Waals surface area contributed by atoms with Gasteiger partial charge in [-0.05, 0) is 48.7 Å². The molecule has 1 heterocycles. The van der Waals surface area contributed by atoms with E-state index in [4.69, 9.17) is 16.3 Å². The third-order valence-electron chi connectivity index (χ3n) is 4.28. The fourth-order valence-corrected chi connectivity index (χ4v) is 2.86. The Balaban J connectivity index is 1.60. The largest absolute Gasteiger partial charge is 0.471 e. The van der Waals surface area contributed by atoms with Crippen molar-refractivity contribution >= 4 is 17.5 Å². The fraction of sp³-hybridized carbons (Fsp3) is 0.238. The van der Waals surface area contributed by atoms with Gasteiger partial charge >= 0.3 is 0 Å². The van der Waals surface area contributed by atoms with Crippen LogP contribution in [0, 0.1) is 6.92 Å². The highest BCUT2D eigenvalue weighted by Crippen LogP contribution is 2.21. The Labute approximate surface area is 163 Å². The molecule has 2 aromatic carbocycles. The van der Waals surface area contributed by atoms with Crippen molar-refractivity contribution < 1.29 is 9.53 Å². The highest BCUT2D eigenvalue weighted by Gasteiger charge is 2.16. The third kappa shape index (κ3) is 4.89. The number of carbonyl (C=O) groups excluding carboxylic acids is 1. The lowest BCUT2D eigenvalue weighted by Gasteiger charge is -2.16. The molecule has 0 aliphatic carbocycles. The van der Waals surface area contributed by atoms with E-state index in [0.29, 0.717) is 16.5 Å². The summed E-state index contributed by atoms with van der Waals surface area (Å²) in [4.78, 5) is 12.5. The Bertz CT molecular complexity index is 909. The molecule has 0 fully saturated rings. The van der Waals surface area contributed by atoms with E-state index in [1.54, 1.807) is 29.1 Å². The molecule has 1 unspecified atom stereocenters. The molecule has 140 valence electrons. The van der Waals surface area contributed by atoms with E-state index < -0.39 is 0 Å². The number of benzene rings is 2. The second-order valence-corrected chi connectivity index (χ2v) is 6.68. The Morgan fingerprint density at radius 1 is 1.22 bits per heavy atom. The van der Waals surface area contributed by atoms with Crippen LogP contribution < -0.4 is 10.1 Å². The number of hydrogen-bond acceptors (Lipinski definition) is 3. The van der Waals surface area contributed by atoms with Crippen LogP contribution in [0.25, 0.3) is 0 Å². The first-order valence-corrected chi connectivity index (χ1v) is 9.23. The van der Waals surface area contributed by atoms with Gasteiger partial charge < -0.3 is 10.1 Å². The van der Waals surface area contributed by atoms with E-state index in [-0.39, 0.29) is 18.7 Å². The van der Waals surface area contributed by atoms with Gasteiger partial charge in [-0.15, -0.1) is 0 Å². The summed E-state index contributed by atoms with van der Waals surface area (Å²) in [6.07, 6.45) is 2.52. The second kappa shape index (κ2) is 8.73. The van der Waals surface area contributed by atoms with Crippen molar-refractivity contribution in [3.63, 3.8) is 0 Å². The Morgan fingerprint density at radius 3 is 2.70 bits per heavy atom. The first-order chi connectivity index (χ1) is 13.1. The molecule has 1 amide bonds. The Hall–Kier alpha value is -2.79. The summed E-state index contributed by atoms with van der Waals surface area (Å²) in [7, 11) is 0. The van der Waals surface area contributed by atoms with Crippen LogP contribution in [0.1, 0.15) is 41.0 Å². The molecule has 6 heteroatoms. The minimum Gasteiger partial charge on any atom is -0.471 e. The number of halogens is 1. The van der Waals surface area contributed by atoms with Crippen molar-refractivity contribution in [1.82, 2.24) is 15.1 Å². The van der Waals surface area contributed by atoms with Crippen LogP contribution in [0.15, 0.2) is 60.8 Å². The first kappa shape index (κ1) is 19.0. The van der Waals surface area contributed by atoms with Gasteiger partial charge in [0.2, 0.25) is 0 Å².